The van der Waals surface area contributed by atoms with E-state index in [-0.39, 0.29) is 18.6 Å². The predicted molar refractivity (Wildman–Crippen MR) is 123 cm³/mol. The summed E-state index contributed by atoms with van der Waals surface area (Å²) in [6.07, 6.45) is 0.142. The number of likely N-dealkylation sites (tertiary alicyclic amines) is 1. The second-order valence-electron chi connectivity index (χ2n) is 8.17. The smallest absolute Gasteiger partial charge is 0.407 e. The normalized spacial score (nSPS) is 18.6. The first-order valence-electron chi connectivity index (χ1n) is 10.9. The van der Waals surface area contributed by atoms with E-state index < -0.39 is 6.09 Å². The molecule has 0 aliphatic carbocycles. The van der Waals surface area contributed by atoms with Gasteiger partial charge in [0, 0.05) is 30.0 Å². The molecule has 0 spiro atoms. The fraction of sp³-hybridized carbons (Fsp3) is 0.346. The zero-order chi connectivity index (χ0) is 22.5. The zero-order valence-corrected chi connectivity index (χ0v) is 18.2. The number of hydrogen-bond donors (Lipinski definition) is 2. The fourth-order valence-corrected chi connectivity index (χ4v) is 4.54. The first-order chi connectivity index (χ1) is 15.6. The van der Waals surface area contributed by atoms with Gasteiger partial charge in [0.1, 0.15) is 5.75 Å². The maximum Gasteiger partial charge on any atom is 0.407 e. The lowest BCUT2D eigenvalue weighted by molar-refractivity contribution is -0.0204. The Morgan fingerprint density at radius 3 is 2.59 bits per heavy atom. The Morgan fingerprint density at radius 1 is 1.09 bits per heavy atom. The number of benzene rings is 3. The topological polar surface area (TPSA) is 79.2 Å². The highest BCUT2D eigenvalue weighted by Gasteiger charge is 2.33. The number of ether oxygens (including phenoxy) is 2. The minimum Gasteiger partial charge on any atom is -0.496 e. The third-order valence-electron chi connectivity index (χ3n) is 6.26. The summed E-state index contributed by atoms with van der Waals surface area (Å²) in [6, 6.07) is 20.3. The average Bonchev–Trinajstić information content (AvgIpc) is 2.83. The van der Waals surface area contributed by atoms with Gasteiger partial charge in [-0.25, -0.2) is 4.79 Å². The standard InChI is InChI=1S/C26H29NO5/c1-31-25-21(11-10-19-4-2-3-5-23(19)25)17-32-24-16-27(26(29)30)14-12-22(24)20-8-6-18(7-9-20)13-15-28/h2-11,22,24,28H,12-17H2,1H3,(H,29,30). The van der Waals surface area contributed by atoms with Crippen molar-refractivity contribution in [2.24, 2.45) is 0 Å². The molecule has 2 unspecified atom stereocenters. The average molecular weight is 436 g/mol. The molecule has 6 nitrogen and oxygen atoms in total. The van der Waals surface area contributed by atoms with E-state index in [0.717, 1.165) is 33.2 Å². The van der Waals surface area contributed by atoms with Crippen LogP contribution in [0.15, 0.2) is 60.7 Å². The van der Waals surface area contributed by atoms with Crippen molar-refractivity contribution in [3.05, 3.63) is 77.4 Å². The molecule has 168 valence electrons. The van der Waals surface area contributed by atoms with Crippen molar-refractivity contribution in [3.8, 4) is 5.75 Å². The number of aliphatic hydroxyl groups excluding tert-OH is 1. The van der Waals surface area contributed by atoms with Crippen LogP contribution in [0.5, 0.6) is 5.75 Å². The van der Waals surface area contributed by atoms with Gasteiger partial charge in [-0.3, -0.25) is 0 Å². The minimum atomic E-state index is -0.918. The number of carboxylic acid groups (broad SMARTS) is 1. The lowest BCUT2D eigenvalue weighted by Gasteiger charge is -2.37. The van der Waals surface area contributed by atoms with E-state index in [9.17, 15) is 9.90 Å². The molecule has 0 radical (unpaired) electrons. The third-order valence-corrected chi connectivity index (χ3v) is 6.26. The molecule has 6 heteroatoms. The van der Waals surface area contributed by atoms with Crippen molar-refractivity contribution in [2.45, 2.75) is 31.5 Å². The van der Waals surface area contributed by atoms with E-state index in [2.05, 4.69) is 18.2 Å². The van der Waals surface area contributed by atoms with Crippen molar-refractivity contribution >= 4 is 16.9 Å². The minimum absolute atomic E-state index is 0.0974. The quantitative estimate of drug-likeness (QED) is 0.574. The molecule has 3 aromatic rings. The second-order valence-corrected chi connectivity index (χ2v) is 8.17. The molecule has 1 aliphatic heterocycles. The van der Waals surface area contributed by atoms with Crippen molar-refractivity contribution in [1.29, 1.82) is 0 Å². The van der Waals surface area contributed by atoms with Crippen LogP contribution in [0.3, 0.4) is 0 Å². The summed E-state index contributed by atoms with van der Waals surface area (Å²) in [5, 5.41) is 20.8. The van der Waals surface area contributed by atoms with Crippen molar-refractivity contribution in [2.75, 3.05) is 26.8 Å². The largest absolute Gasteiger partial charge is 0.496 e. The van der Waals surface area contributed by atoms with Crippen molar-refractivity contribution in [3.63, 3.8) is 0 Å². The van der Waals surface area contributed by atoms with Gasteiger partial charge in [0.05, 0.1) is 26.4 Å². The summed E-state index contributed by atoms with van der Waals surface area (Å²) in [7, 11) is 1.66. The van der Waals surface area contributed by atoms with Crippen LogP contribution in [0, 0.1) is 0 Å². The Balaban J connectivity index is 1.56. The van der Waals surface area contributed by atoms with Gasteiger partial charge < -0.3 is 24.6 Å². The number of carbonyl (C=O) groups is 1. The number of piperidine rings is 1. The summed E-state index contributed by atoms with van der Waals surface area (Å²) >= 11 is 0. The zero-order valence-electron chi connectivity index (χ0n) is 18.2. The molecular formula is C26H29NO5. The molecule has 32 heavy (non-hydrogen) atoms. The van der Waals surface area contributed by atoms with Crippen LogP contribution in [0.1, 0.15) is 29.0 Å². The number of amides is 1. The SMILES string of the molecule is COc1c(COC2CN(C(=O)O)CCC2c2ccc(CCO)cc2)ccc2ccccc12. The first-order valence-corrected chi connectivity index (χ1v) is 10.9. The molecule has 1 heterocycles. The van der Waals surface area contributed by atoms with Gasteiger partial charge in [0.25, 0.3) is 0 Å². The first kappa shape index (κ1) is 22.1. The van der Waals surface area contributed by atoms with Gasteiger partial charge in [0.2, 0.25) is 0 Å². The molecule has 2 N–H and O–H groups in total. The van der Waals surface area contributed by atoms with Crippen LogP contribution < -0.4 is 4.74 Å². The van der Waals surface area contributed by atoms with E-state index in [1.807, 2.05) is 42.5 Å². The van der Waals surface area contributed by atoms with Gasteiger partial charge in [-0.1, -0.05) is 60.7 Å². The van der Waals surface area contributed by atoms with E-state index in [4.69, 9.17) is 14.6 Å². The van der Waals surface area contributed by atoms with Crippen LogP contribution in [0.2, 0.25) is 0 Å². The van der Waals surface area contributed by atoms with Gasteiger partial charge in [-0.05, 0) is 29.4 Å². The van der Waals surface area contributed by atoms with Gasteiger partial charge in [-0.15, -0.1) is 0 Å². The second kappa shape index (κ2) is 10.0. The molecule has 1 amide bonds. The molecule has 0 bridgehead atoms. The summed E-state index contributed by atoms with van der Waals surface area (Å²) in [5.41, 5.74) is 3.15. The summed E-state index contributed by atoms with van der Waals surface area (Å²) in [6.45, 7) is 1.27. The molecule has 1 saturated heterocycles. The lowest BCUT2D eigenvalue weighted by Crippen LogP contribution is -2.46. The van der Waals surface area contributed by atoms with Crippen LogP contribution in [-0.4, -0.2) is 54.1 Å². The van der Waals surface area contributed by atoms with Gasteiger partial charge >= 0.3 is 6.09 Å². The highest BCUT2D eigenvalue weighted by atomic mass is 16.5. The molecule has 1 aliphatic rings. The number of methoxy groups -OCH3 is 1. The predicted octanol–water partition coefficient (Wildman–Crippen LogP) is 4.44. The fourth-order valence-electron chi connectivity index (χ4n) is 4.54. The third kappa shape index (κ3) is 4.71. The molecule has 1 fully saturated rings. The Kier molecular flexibility index (Phi) is 6.93. The molecule has 0 aromatic heterocycles. The number of aliphatic hydroxyl groups is 1. The van der Waals surface area contributed by atoms with E-state index in [1.54, 1.807) is 7.11 Å². The molecule has 3 aromatic carbocycles. The molecule has 0 saturated carbocycles. The maximum absolute atomic E-state index is 11.6. The van der Waals surface area contributed by atoms with Gasteiger partial charge in [0.15, 0.2) is 0 Å². The highest BCUT2D eigenvalue weighted by Crippen LogP contribution is 2.34. The Hall–Kier alpha value is -3.09. The Morgan fingerprint density at radius 2 is 1.88 bits per heavy atom. The summed E-state index contributed by atoms with van der Waals surface area (Å²) < 4.78 is 12.1. The number of fused-ring (bicyclic) bond motifs is 1. The van der Waals surface area contributed by atoms with Crippen molar-refractivity contribution < 1.29 is 24.5 Å². The summed E-state index contributed by atoms with van der Waals surface area (Å²) in [4.78, 5) is 13.0. The van der Waals surface area contributed by atoms with Crippen LogP contribution >= 0.6 is 0 Å². The van der Waals surface area contributed by atoms with E-state index >= 15 is 0 Å². The van der Waals surface area contributed by atoms with E-state index in [1.165, 1.54) is 4.90 Å². The Labute approximate surface area is 188 Å². The Bertz CT molecular complexity index is 1070. The van der Waals surface area contributed by atoms with Crippen LogP contribution in [-0.2, 0) is 17.8 Å². The number of nitrogens with zero attached hydrogens (tertiary/aromatic N) is 1. The number of rotatable bonds is 7. The van der Waals surface area contributed by atoms with E-state index in [0.29, 0.717) is 32.5 Å². The van der Waals surface area contributed by atoms with Crippen LogP contribution in [0.25, 0.3) is 10.8 Å². The van der Waals surface area contributed by atoms with Crippen molar-refractivity contribution in [1.82, 2.24) is 4.90 Å². The highest BCUT2D eigenvalue weighted by molar-refractivity contribution is 5.89. The maximum atomic E-state index is 11.6. The summed E-state index contributed by atoms with van der Waals surface area (Å²) in [5.74, 6) is 0.888. The molecule has 2 atom stereocenters. The van der Waals surface area contributed by atoms with Gasteiger partial charge in [-0.2, -0.15) is 0 Å². The molecule has 4 rings (SSSR count). The van der Waals surface area contributed by atoms with Crippen LogP contribution in [0.4, 0.5) is 4.79 Å². The monoisotopic (exact) mass is 435 g/mol. The number of hydrogen-bond acceptors (Lipinski definition) is 4. The molecular weight excluding hydrogens is 406 g/mol. The lowest BCUT2D eigenvalue weighted by atomic mass is 9.86.